The fourth-order valence-corrected chi connectivity index (χ4v) is 3.38. The first-order chi connectivity index (χ1) is 8.63. The molecule has 1 aromatic heterocycles. The van der Waals surface area contributed by atoms with E-state index in [1.807, 2.05) is 0 Å². The lowest BCUT2D eigenvalue weighted by Crippen LogP contribution is -2.48. The first-order valence-corrected chi connectivity index (χ1v) is 7.83. The zero-order valence-electron chi connectivity index (χ0n) is 10.5. The van der Waals surface area contributed by atoms with E-state index < -0.39 is 10.0 Å². The molecule has 1 fully saturated rings. The van der Waals surface area contributed by atoms with E-state index >= 15 is 0 Å². The molecule has 0 aromatic carbocycles. The highest BCUT2D eigenvalue weighted by molar-refractivity contribution is 7.89. The SMILES string of the molecule is CCC1CCCNC1CNS(=O)(=O)c1cnc[nH]1. The van der Waals surface area contributed by atoms with Gasteiger partial charge in [-0.2, -0.15) is 0 Å². The second-order valence-electron chi connectivity index (χ2n) is 4.64. The van der Waals surface area contributed by atoms with Crippen molar-refractivity contribution in [2.75, 3.05) is 13.1 Å². The summed E-state index contributed by atoms with van der Waals surface area (Å²) in [4.78, 5) is 6.33. The van der Waals surface area contributed by atoms with Gasteiger partial charge in [0.05, 0.1) is 12.5 Å². The highest BCUT2D eigenvalue weighted by atomic mass is 32.2. The predicted molar refractivity (Wildman–Crippen MR) is 68.6 cm³/mol. The minimum absolute atomic E-state index is 0.117. The molecule has 102 valence electrons. The van der Waals surface area contributed by atoms with Crippen molar-refractivity contribution in [3.05, 3.63) is 12.5 Å². The van der Waals surface area contributed by atoms with Gasteiger partial charge in [0.2, 0.25) is 0 Å². The number of rotatable bonds is 5. The molecule has 2 unspecified atom stereocenters. The van der Waals surface area contributed by atoms with E-state index in [1.54, 1.807) is 0 Å². The number of hydrogen-bond acceptors (Lipinski definition) is 4. The normalized spacial score (nSPS) is 25.2. The molecule has 7 heteroatoms. The number of aromatic amines is 1. The van der Waals surface area contributed by atoms with Crippen LogP contribution in [0.15, 0.2) is 17.6 Å². The first-order valence-electron chi connectivity index (χ1n) is 6.35. The molecule has 0 amide bonds. The zero-order valence-corrected chi connectivity index (χ0v) is 11.3. The van der Waals surface area contributed by atoms with Crippen LogP contribution >= 0.6 is 0 Å². The van der Waals surface area contributed by atoms with E-state index in [9.17, 15) is 8.42 Å². The van der Waals surface area contributed by atoms with Crippen LogP contribution in [0.2, 0.25) is 0 Å². The molecule has 18 heavy (non-hydrogen) atoms. The van der Waals surface area contributed by atoms with Gasteiger partial charge in [-0.1, -0.05) is 13.3 Å². The monoisotopic (exact) mass is 272 g/mol. The second-order valence-corrected chi connectivity index (χ2v) is 6.37. The van der Waals surface area contributed by atoms with Gasteiger partial charge in [0.25, 0.3) is 10.0 Å². The zero-order chi connectivity index (χ0) is 13.0. The van der Waals surface area contributed by atoms with Crippen LogP contribution in [-0.2, 0) is 10.0 Å². The number of nitrogens with one attached hydrogen (secondary N) is 3. The van der Waals surface area contributed by atoms with Gasteiger partial charge in [-0.05, 0) is 25.3 Å². The lowest BCUT2D eigenvalue weighted by Gasteiger charge is -2.32. The maximum atomic E-state index is 11.9. The molecule has 1 aliphatic heterocycles. The third kappa shape index (κ3) is 3.09. The van der Waals surface area contributed by atoms with Gasteiger partial charge in [0.15, 0.2) is 5.03 Å². The van der Waals surface area contributed by atoms with Gasteiger partial charge < -0.3 is 10.3 Å². The van der Waals surface area contributed by atoms with E-state index in [2.05, 4.69) is 26.9 Å². The highest BCUT2D eigenvalue weighted by Crippen LogP contribution is 2.19. The van der Waals surface area contributed by atoms with Crippen LogP contribution in [0.1, 0.15) is 26.2 Å². The van der Waals surface area contributed by atoms with Crippen LogP contribution in [0.25, 0.3) is 0 Å². The second kappa shape index (κ2) is 5.81. The Balaban J connectivity index is 1.94. The number of aromatic nitrogens is 2. The lowest BCUT2D eigenvalue weighted by atomic mass is 9.89. The van der Waals surface area contributed by atoms with Crippen molar-refractivity contribution in [2.45, 2.75) is 37.3 Å². The van der Waals surface area contributed by atoms with Gasteiger partial charge in [0, 0.05) is 12.6 Å². The summed E-state index contributed by atoms with van der Waals surface area (Å²) in [6.45, 7) is 3.54. The Labute approximate surface area is 108 Å². The number of imidazole rings is 1. The fraction of sp³-hybridized carbons (Fsp3) is 0.727. The smallest absolute Gasteiger partial charge is 0.257 e. The number of nitrogens with zero attached hydrogens (tertiary/aromatic N) is 1. The van der Waals surface area contributed by atoms with Crippen molar-refractivity contribution in [3.63, 3.8) is 0 Å². The molecule has 2 atom stereocenters. The van der Waals surface area contributed by atoms with Gasteiger partial charge in [-0.15, -0.1) is 0 Å². The Morgan fingerprint density at radius 1 is 1.56 bits per heavy atom. The van der Waals surface area contributed by atoms with Crippen molar-refractivity contribution in [1.29, 1.82) is 0 Å². The summed E-state index contributed by atoms with van der Waals surface area (Å²) in [5.41, 5.74) is 0. The van der Waals surface area contributed by atoms with Crippen LogP contribution in [0.5, 0.6) is 0 Å². The number of hydrogen-bond donors (Lipinski definition) is 3. The maximum Gasteiger partial charge on any atom is 0.257 e. The number of piperidine rings is 1. The third-order valence-electron chi connectivity index (χ3n) is 3.51. The van der Waals surface area contributed by atoms with Crippen molar-refractivity contribution in [3.8, 4) is 0 Å². The van der Waals surface area contributed by atoms with Crippen molar-refractivity contribution < 1.29 is 8.42 Å². The Hall–Kier alpha value is -0.920. The minimum atomic E-state index is -3.46. The molecule has 1 aromatic rings. The quantitative estimate of drug-likeness (QED) is 0.727. The van der Waals surface area contributed by atoms with Crippen LogP contribution in [0.3, 0.4) is 0 Å². The van der Waals surface area contributed by atoms with Crippen molar-refractivity contribution >= 4 is 10.0 Å². The van der Waals surface area contributed by atoms with E-state index in [0.29, 0.717) is 12.5 Å². The van der Waals surface area contributed by atoms with Gasteiger partial charge in [-0.3, -0.25) is 0 Å². The molecule has 0 aliphatic carbocycles. The molecular weight excluding hydrogens is 252 g/mol. The average molecular weight is 272 g/mol. The fourth-order valence-electron chi connectivity index (χ4n) is 2.41. The van der Waals surface area contributed by atoms with Crippen molar-refractivity contribution in [2.24, 2.45) is 5.92 Å². The molecule has 3 N–H and O–H groups in total. The molecule has 6 nitrogen and oxygen atoms in total. The van der Waals surface area contributed by atoms with Crippen molar-refractivity contribution in [1.82, 2.24) is 20.0 Å². The Morgan fingerprint density at radius 2 is 2.39 bits per heavy atom. The Morgan fingerprint density at radius 3 is 3.06 bits per heavy atom. The first kappa shape index (κ1) is 13.5. The van der Waals surface area contributed by atoms with E-state index in [0.717, 1.165) is 13.0 Å². The summed E-state index contributed by atoms with van der Waals surface area (Å²) < 4.78 is 26.5. The minimum Gasteiger partial charge on any atom is -0.335 e. The Kier molecular flexibility index (Phi) is 4.36. The summed E-state index contributed by atoms with van der Waals surface area (Å²) in [6, 6.07) is 0.224. The molecule has 0 saturated carbocycles. The number of sulfonamides is 1. The molecular formula is C11H20N4O2S. The van der Waals surface area contributed by atoms with Gasteiger partial charge in [0.1, 0.15) is 0 Å². The van der Waals surface area contributed by atoms with Gasteiger partial charge in [-0.25, -0.2) is 18.1 Å². The predicted octanol–water partition coefficient (Wildman–Crippen LogP) is 0.466. The van der Waals surface area contributed by atoms with E-state index in [-0.39, 0.29) is 11.1 Å². The van der Waals surface area contributed by atoms with Gasteiger partial charge >= 0.3 is 0 Å². The summed E-state index contributed by atoms with van der Waals surface area (Å²) >= 11 is 0. The van der Waals surface area contributed by atoms with E-state index in [1.165, 1.54) is 25.4 Å². The molecule has 2 heterocycles. The Bertz CT molecular complexity index is 457. The summed E-state index contributed by atoms with van der Waals surface area (Å²) in [6.07, 6.45) is 6.09. The van der Waals surface area contributed by atoms with Crippen LogP contribution in [0, 0.1) is 5.92 Å². The molecule has 0 radical (unpaired) electrons. The molecule has 1 saturated heterocycles. The molecule has 0 spiro atoms. The number of H-pyrrole nitrogens is 1. The van der Waals surface area contributed by atoms with Crippen LogP contribution < -0.4 is 10.0 Å². The largest absolute Gasteiger partial charge is 0.335 e. The molecule has 2 rings (SSSR count). The standard InChI is InChI=1S/C11H20N4O2S/c1-2-9-4-3-5-13-10(9)6-15-18(16,17)11-7-12-8-14-11/h7-10,13,15H,2-6H2,1H3,(H,12,14). The third-order valence-corrected chi connectivity index (χ3v) is 4.86. The summed E-state index contributed by atoms with van der Waals surface area (Å²) in [7, 11) is -3.46. The van der Waals surface area contributed by atoms with E-state index in [4.69, 9.17) is 0 Å². The maximum absolute atomic E-state index is 11.9. The highest BCUT2D eigenvalue weighted by Gasteiger charge is 2.25. The summed E-state index contributed by atoms with van der Waals surface area (Å²) in [5, 5.41) is 3.50. The topological polar surface area (TPSA) is 86.9 Å². The molecule has 0 bridgehead atoms. The van der Waals surface area contributed by atoms with Crippen LogP contribution in [-0.4, -0.2) is 37.5 Å². The van der Waals surface area contributed by atoms with Crippen LogP contribution in [0.4, 0.5) is 0 Å². The molecule has 1 aliphatic rings. The average Bonchev–Trinajstić information content (AvgIpc) is 2.91. The summed E-state index contributed by atoms with van der Waals surface area (Å²) in [5.74, 6) is 0.545. The lowest BCUT2D eigenvalue weighted by molar-refractivity contribution is 0.273.